The molecule has 30 heavy (non-hydrogen) atoms. The first kappa shape index (κ1) is 22.0. The van der Waals surface area contributed by atoms with Gasteiger partial charge in [-0.25, -0.2) is 0 Å². The van der Waals surface area contributed by atoms with E-state index in [1.165, 1.54) is 63.0 Å². The summed E-state index contributed by atoms with van der Waals surface area (Å²) in [5.41, 5.74) is 5.14. The average molecular weight is 414 g/mol. The number of hydrogen-bond donors (Lipinski definition) is 0. The summed E-state index contributed by atoms with van der Waals surface area (Å²) in [5, 5.41) is 0. The molecule has 3 aliphatic rings. The number of benzene rings is 1. The topological polar surface area (TPSA) is 19.0 Å². The Morgan fingerprint density at radius 1 is 0.933 bits per heavy atom. The molecule has 168 valence electrons. The normalized spacial score (nSPS) is 23.3. The van der Waals surface area contributed by atoms with E-state index in [9.17, 15) is 0 Å². The van der Waals surface area contributed by atoms with Crippen molar-refractivity contribution in [3.63, 3.8) is 0 Å². The van der Waals surface area contributed by atoms with Crippen LogP contribution in [0.5, 0.6) is 0 Å². The first-order chi connectivity index (χ1) is 14.6. The first-order valence-corrected chi connectivity index (χ1v) is 12.5. The fraction of sp³-hybridized carbons (Fsp3) is 0.769. The summed E-state index contributed by atoms with van der Waals surface area (Å²) in [5.74, 6) is 0.728. The van der Waals surface area contributed by atoms with Gasteiger partial charge in [0, 0.05) is 63.8 Å². The summed E-state index contributed by atoms with van der Waals surface area (Å²) in [6.07, 6.45) is 8.10. The molecule has 0 amide bonds. The molecular formula is C26H43N3O. The van der Waals surface area contributed by atoms with Crippen molar-refractivity contribution in [3.05, 3.63) is 23.8 Å². The SMILES string of the molecule is CCOCCN1CCN(c2ccc(N3CCCC3)cc2C2CCC(C)(C)CC2)CC1. The van der Waals surface area contributed by atoms with Crippen LogP contribution in [0.15, 0.2) is 18.2 Å². The molecule has 0 N–H and O–H groups in total. The van der Waals surface area contributed by atoms with Crippen molar-refractivity contribution >= 4 is 11.4 Å². The molecule has 1 aromatic carbocycles. The van der Waals surface area contributed by atoms with Gasteiger partial charge in [0.1, 0.15) is 0 Å². The third kappa shape index (κ3) is 5.31. The molecule has 0 bridgehead atoms. The second-order valence-electron chi connectivity index (χ2n) is 10.4. The maximum atomic E-state index is 5.56. The Kier molecular flexibility index (Phi) is 7.25. The summed E-state index contributed by atoms with van der Waals surface area (Å²) >= 11 is 0. The lowest BCUT2D eigenvalue weighted by Crippen LogP contribution is -2.47. The van der Waals surface area contributed by atoms with Crippen molar-refractivity contribution in [2.24, 2.45) is 5.41 Å². The molecule has 1 aromatic rings. The molecule has 2 saturated heterocycles. The van der Waals surface area contributed by atoms with Crippen LogP contribution >= 0.6 is 0 Å². The summed E-state index contributed by atoms with van der Waals surface area (Å²) in [6, 6.07) is 7.43. The summed E-state index contributed by atoms with van der Waals surface area (Å²) in [6.45, 7) is 16.8. The van der Waals surface area contributed by atoms with Gasteiger partial charge in [0.15, 0.2) is 0 Å². The number of piperazine rings is 1. The number of nitrogens with zero attached hydrogens (tertiary/aromatic N) is 3. The van der Waals surface area contributed by atoms with E-state index >= 15 is 0 Å². The minimum absolute atomic E-state index is 0.523. The molecule has 2 heterocycles. The zero-order chi connectivity index (χ0) is 21.0. The van der Waals surface area contributed by atoms with E-state index in [4.69, 9.17) is 4.74 Å². The highest BCUT2D eigenvalue weighted by molar-refractivity contribution is 5.64. The van der Waals surface area contributed by atoms with Crippen LogP contribution in [-0.2, 0) is 4.74 Å². The maximum Gasteiger partial charge on any atom is 0.0593 e. The number of anilines is 2. The number of hydrogen-bond acceptors (Lipinski definition) is 4. The van der Waals surface area contributed by atoms with Gasteiger partial charge in [0.25, 0.3) is 0 Å². The van der Waals surface area contributed by atoms with Crippen molar-refractivity contribution < 1.29 is 4.74 Å². The second kappa shape index (κ2) is 9.91. The van der Waals surface area contributed by atoms with E-state index in [2.05, 4.69) is 53.7 Å². The van der Waals surface area contributed by atoms with Gasteiger partial charge in [-0.2, -0.15) is 0 Å². The van der Waals surface area contributed by atoms with Gasteiger partial charge in [-0.05, 0) is 80.5 Å². The Hall–Kier alpha value is -1.26. The van der Waals surface area contributed by atoms with E-state index in [1.54, 1.807) is 5.56 Å². The minimum Gasteiger partial charge on any atom is -0.380 e. The Morgan fingerprint density at radius 3 is 2.30 bits per heavy atom. The van der Waals surface area contributed by atoms with Crippen LogP contribution in [0, 0.1) is 5.41 Å². The molecule has 0 atom stereocenters. The molecule has 0 aromatic heterocycles. The van der Waals surface area contributed by atoms with Gasteiger partial charge in [0.05, 0.1) is 6.61 Å². The molecule has 4 nitrogen and oxygen atoms in total. The fourth-order valence-corrected chi connectivity index (χ4v) is 5.59. The highest BCUT2D eigenvalue weighted by atomic mass is 16.5. The largest absolute Gasteiger partial charge is 0.380 e. The number of ether oxygens (including phenoxy) is 1. The first-order valence-electron chi connectivity index (χ1n) is 12.5. The van der Waals surface area contributed by atoms with Crippen molar-refractivity contribution in [1.82, 2.24) is 4.90 Å². The zero-order valence-corrected chi connectivity index (χ0v) is 19.7. The predicted molar refractivity (Wildman–Crippen MR) is 128 cm³/mol. The van der Waals surface area contributed by atoms with Gasteiger partial charge in [-0.3, -0.25) is 4.90 Å². The van der Waals surface area contributed by atoms with Gasteiger partial charge in [-0.15, -0.1) is 0 Å². The summed E-state index contributed by atoms with van der Waals surface area (Å²) in [4.78, 5) is 7.83. The van der Waals surface area contributed by atoms with Crippen LogP contribution in [0.2, 0.25) is 0 Å². The maximum absolute atomic E-state index is 5.56. The Balaban J connectivity index is 1.49. The third-order valence-corrected chi connectivity index (χ3v) is 7.73. The van der Waals surface area contributed by atoms with E-state index < -0.39 is 0 Å². The molecule has 4 heteroatoms. The Bertz CT molecular complexity index is 665. The Labute approximate surface area is 184 Å². The van der Waals surface area contributed by atoms with Gasteiger partial charge < -0.3 is 14.5 Å². The van der Waals surface area contributed by atoms with Crippen molar-refractivity contribution in [2.45, 2.75) is 65.2 Å². The summed E-state index contributed by atoms with van der Waals surface area (Å²) < 4.78 is 5.56. The molecule has 0 spiro atoms. The lowest BCUT2D eigenvalue weighted by atomic mass is 9.71. The van der Waals surface area contributed by atoms with E-state index in [0.29, 0.717) is 5.41 Å². The molecule has 2 aliphatic heterocycles. The lowest BCUT2D eigenvalue weighted by molar-refractivity contribution is 0.111. The third-order valence-electron chi connectivity index (χ3n) is 7.73. The molecule has 0 unspecified atom stereocenters. The molecular weight excluding hydrogens is 370 g/mol. The quantitative estimate of drug-likeness (QED) is 0.577. The molecule has 1 aliphatic carbocycles. The molecule has 1 saturated carbocycles. The van der Waals surface area contributed by atoms with Crippen LogP contribution in [0.25, 0.3) is 0 Å². The van der Waals surface area contributed by atoms with E-state index in [-0.39, 0.29) is 0 Å². The van der Waals surface area contributed by atoms with Crippen molar-refractivity contribution in [1.29, 1.82) is 0 Å². The van der Waals surface area contributed by atoms with Crippen LogP contribution < -0.4 is 9.80 Å². The molecule has 0 radical (unpaired) electrons. The van der Waals surface area contributed by atoms with E-state index in [1.807, 2.05) is 0 Å². The predicted octanol–water partition coefficient (Wildman–Crippen LogP) is 5.13. The van der Waals surface area contributed by atoms with Crippen molar-refractivity contribution in [3.8, 4) is 0 Å². The molecule has 3 fully saturated rings. The van der Waals surface area contributed by atoms with Crippen LogP contribution in [0.1, 0.15) is 70.8 Å². The fourth-order valence-electron chi connectivity index (χ4n) is 5.59. The zero-order valence-electron chi connectivity index (χ0n) is 19.7. The smallest absolute Gasteiger partial charge is 0.0593 e. The second-order valence-corrected chi connectivity index (χ2v) is 10.4. The summed E-state index contributed by atoms with van der Waals surface area (Å²) in [7, 11) is 0. The number of rotatable bonds is 7. The van der Waals surface area contributed by atoms with Crippen molar-refractivity contribution in [2.75, 3.05) is 68.8 Å². The molecule has 4 rings (SSSR count). The highest BCUT2D eigenvalue weighted by Gasteiger charge is 2.30. The van der Waals surface area contributed by atoms with Gasteiger partial charge >= 0.3 is 0 Å². The lowest BCUT2D eigenvalue weighted by Gasteiger charge is -2.40. The average Bonchev–Trinajstić information content (AvgIpc) is 3.29. The van der Waals surface area contributed by atoms with E-state index in [0.717, 1.165) is 51.9 Å². The van der Waals surface area contributed by atoms with Crippen LogP contribution in [-0.4, -0.2) is 63.9 Å². The Morgan fingerprint density at radius 2 is 1.63 bits per heavy atom. The monoisotopic (exact) mass is 413 g/mol. The van der Waals surface area contributed by atoms with Crippen LogP contribution in [0.3, 0.4) is 0 Å². The minimum atomic E-state index is 0.523. The van der Waals surface area contributed by atoms with Gasteiger partial charge in [-0.1, -0.05) is 13.8 Å². The standard InChI is InChI=1S/C26H43N3O/c1-4-30-20-19-27-15-17-29(18-16-27)25-8-7-23(28-13-5-6-14-28)21-24(25)22-9-11-26(2,3)12-10-22/h7-8,21-22H,4-6,9-20H2,1-3H3. The van der Waals surface area contributed by atoms with Crippen LogP contribution in [0.4, 0.5) is 11.4 Å². The highest BCUT2D eigenvalue weighted by Crippen LogP contribution is 2.45. The van der Waals surface area contributed by atoms with Gasteiger partial charge in [0.2, 0.25) is 0 Å².